The fourth-order valence-corrected chi connectivity index (χ4v) is 4.82. The summed E-state index contributed by atoms with van der Waals surface area (Å²) in [6, 6.07) is 21.0. The topological polar surface area (TPSA) is 83.1 Å². The van der Waals surface area contributed by atoms with Gasteiger partial charge in [0.05, 0.1) is 32.5 Å². The van der Waals surface area contributed by atoms with Crippen LogP contribution in [0.5, 0.6) is 11.5 Å². The third-order valence-electron chi connectivity index (χ3n) is 6.99. The van der Waals surface area contributed by atoms with Gasteiger partial charge in [-0.25, -0.2) is 4.39 Å². The smallest absolute Gasteiger partial charge is 0.249 e. The van der Waals surface area contributed by atoms with Crippen molar-refractivity contribution in [2.45, 2.75) is 32.0 Å². The summed E-state index contributed by atoms with van der Waals surface area (Å²) >= 11 is 5.53. The van der Waals surface area contributed by atoms with Crippen molar-refractivity contribution in [2.75, 3.05) is 32.6 Å². The number of anilines is 1. The van der Waals surface area contributed by atoms with Gasteiger partial charge in [-0.05, 0) is 49.8 Å². The molecule has 1 fully saturated rings. The van der Waals surface area contributed by atoms with Crippen LogP contribution in [-0.4, -0.2) is 59.6 Å². The largest absolute Gasteiger partial charge is 0.497 e. The maximum Gasteiger partial charge on any atom is 0.249 e. The van der Waals surface area contributed by atoms with E-state index in [1.807, 2.05) is 30.3 Å². The second kappa shape index (κ2) is 12.3. The van der Waals surface area contributed by atoms with E-state index in [4.69, 9.17) is 21.7 Å². The number of ether oxygens (including phenoxy) is 2. The highest BCUT2D eigenvalue weighted by Gasteiger charge is 2.40. The summed E-state index contributed by atoms with van der Waals surface area (Å²) in [5.74, 6) is -0.339. The van der Waals surface area contributed by atoms with E-state index in [9.17, 15) is 14.0 Å². The molecule has 0 aliphatic carbocycles. The first-order valence-electron chi connectivity index (χ1n) is 12.8. The first-order chi connectivity index (χ1) is 19.1. The van der Waals surface area contributed by atoms with Crippen molar-refractivity contribution in [3.63, 3.8) is 0 Å². The summed E-state index contributed by atoms with van der Waals surface area (Å²) in [4.78, 5) is 30.7. The minimum atomic E-state index is -1.38. The minimum absolute atomic E-state index is 0.0691. The maximum atomic E-state index is 14.7. The number of carbonyl (C=O) groups is 2. The lowest BCUT2D eigenvalue weighted by Crippen LogP contribution is -2.57. The average molecular weight is 565 g/mol. The van der Waals surface area contributed by atoms with Crippen LogP contribution in [0.4, 0.5) is 10.1 Å². The first-order valence-corrected chi connectivity index (χ1v) is 13.2. The molecule has 3 aromatic rings. The molecule has 0 saturated carbocycles. The fourth-order valence-electron chi connectivity index (χ4n) is 4.54. The van der Waals surface area contributed by atoms with Gasteiger partial charge >= 0.3 is 0 Å². The number of rotatable bonds is 10. The monoisotopic (exact) mass is 564 g/mol. The molecule has 1 aliphatic heterocycles. The highest BCUT2D eigenvalue weighted by Crippen LogP contribution is 2.31. The van der Waals surface area contributed by atoms with Crippen LogP contribution in [0.1, 0.15) is 31.0 Å². The van der Waals surface area contributed by atoms with Crippen LogP contribution < -0.4 is 20.1 Å². The molecule has 1 atom stereocenters. The normalized spacial score (nSPS) is 14.9. The van der Waals surface area contributed by atoms with Gasteiger partial charge in [0.1, 0.15) is 22.9 Å². The Morgan fingerprint density at radius 2 is 1.77 bits per heavy atom. The van der Waals surface area contributed by atoms with Crippen molar-refractivity contribution < 1.29 is 23.5 Å². The number of hydrogen-bond donors (Lipinski definition) is 2. The van der Waals surface area contributed by atoms with Crippen molar-refractivity contribution in [2.24, 2.45) is 0 Å². The van der Waals surface area contributed by atoms with Gasteiger partial charge in [-0.1, -0.05) is 48.5 Å². The molecule has 0 spiro atoms. The zero-order chi connectivity index (χ0) is 28.9. The lowest BCUT2D eigenvalue weighted by atomic mass is 9.99. The molecule has 2 N–H and O–H groups in total. The molecule has 4 rings (SSSR count). The standard InChI is InChI=1S/C30H33FN4O4S/c1-30(2,28(37)32-24-15-14-22(38-3)16-26(24)39-4)35(17-21-12-8-9-13-23(21)31)27(36)19-34-18-25(33-29(34)40)20-10-6-5-7-11-20/h5-16,25H,17-19H2,1-4H3,(H,32,37)(H,33,40). The molecule has 3 aromatic carbocycles. The Labute approximate surface area is 239 Å². The van der Waals surface area contributed by atoms with Gasteiger partial charge in [0.25, 0.3) is 0 Å². The lowest BCUT2D eigenvalue weighted by Gasteiger charge is -2.38. The van der Waals surface area contributed by atoms with Crippen LogP contribution in [0.3, 0.4) is 0 Å². The number of halogens is 1. The molecular formula is C30H33FN4O4S. The number of nitrogens with one attached hydrogen (secondary N) is 2. The van der Waals surface area contributed by atoms with E-state index in [0.29, 0.717) is 34.4 Å². The van der Waals surface area contributed by atoms with Gasteiger partial charge in [-0.2, -0.15) is 0 Å². The van der Waals surface area contributed by atoms with Crippen LogP contribution in [-0.2, 0) is 16.1 Å². The highest BCUT2D eigenvalue weighted by atomic mass is 32.1. The third-order valence-corrected chi connectivity index (χ3v) is 7.37. The van der Waals surface area contributed by atoms with E-state index >= 15 is 0 Å². The molecule has 0 aromatic heterocycles. The molecule has 10 heteroatoms. The number of nitrogens with zero attached hydrogens (tertiary/aromatic N) is 2. The summed E-state index contributed by atoms with van der Waals surface area (Å²) in [6.45, 7) is 3.56. The Kier molecular flexibility index (Phi) is 8.89. The molecule has 1 unspecified atom stereocenters. The van der Waals surface area contributed by atoms with Gasteiger partial charge in [0, 0.05) is 24.7 Å². The van der Waals surface area contributed by atoms with E-state index in [2.05, 4.69) is 10.6 Å². The van der Waals surface area contributed by atoms with Crippen LogP contribution in [0, 0.1) is 5.82 Å². The van der Waals surface area contributed by atoms with Gasteiger partial charge in [0.15, 0.2) is 5.11 Å². The number of amides is 2. The van der Waals surface area contributed by atoms with Crippen molar-refractivity contribution in [3.8, 4) is 11.5 Å². The highest BCUT2D eigenvalue weighted by molar-refractivity contribution is 7.80. The van der Waals surface area contributed by atoms with Crippen molar-refractivity contribution in [3.05, 3.63) is 89.7 Å². The summed E-state index contributed by atoms with van der Waals surface area (Å²) in [6.07, 6.45) is 0. The SMILES string of the molecule is COc1ccc(NC(=O)C(C)(C)N(Cc2ccccc2F)C(=O)CN2CC(c3ccccc3)NC2=S)c(OC)c1. The number of benzene rings is 3. The Hall–Kier alpha value is -4.18. The maximum absolute atomic E-state index is 14.7. The molecule has 210 valence electrons. The summed E-state index contributed by atoms with van der Waals surface area (Å²) in [5, 5.41) is 6.57. The van der Waals surface area contributed by atoms with Crippen molar-refractivity contribution in [1.82, 2.24) is 15.1 Å². The molecular weight excluding hydrogens is 531 g/mol. The second-order valence-electron chi connectivity index (χ2n) is 9.94. The minimum Gasteiger partial charge on any atom is -0.497 e. The van der Waals surface area contributed by atoms with Gasteiger partial charge in [-0.3, -0.25) is 9.59 Å². The molecule has 1 aliphatic rings. The van der Waals surface area contributed by atoms with E-state index < -0.39 is 17.3 Å². The predicted molar refractivity (Wildman–Crippen MR) is 156 cm³/mol. The Balaban J connectivity index is 1.58. The molecule has 40 heavy (non-hydrogen) atoms. The van der Waals surface area contributed by atoms with Crippen LogP contribution >= 0.6 is 12.2 Å². The number of methoxy groups -OCH3 is 2. The zero-order valence-electron chi connectivity index (χ0n) is 22.9. The van der Waals surface area contributed by atoms with Gasteiger partial charge in [-0.15, -0.1) is 0 Å². The first kappa shape index (κ1) is 28.8. The van der Waals surface area contributed by atoms with Crippen LogP contribution in [0.15, 0.2) is 72.8 Å². The van der Waals surface area contributed by atoms with E-state index in [0.717, 1.165) is 5.56 Å². The molecule has 1 heterocycles. The second-order valence-corrected chi connectivity index (χ2v) is 10.3. The van der Waals surface area contributed by atoms with Gasteiger partial charge < -0.3 is 29.9 Å². The van der Waals surface area contributed by atoms with E-state index in [1.54, 1.807) is 55.1 Å². The third kappa shape index (κ3) is 6.34. The van der Waals surface area contributed by atoms with Crippen LogP contribution in [0.25, 0.3) is 0 Å². The predicted octanol–water partition coefficient (Wildman–Crippen LogP) is 4.52. The van der Waals surface area contributed by atoms with E-state index in [1.165, 1.54) is 25.2 Å². The number of carbonyl (C=O) groups excluding carboxylic acids is 2. The van der Waals surface area contributed by atoms with Crippen LogP contribution in [0.2, 0.25) is 0 Å². The van der Waals surface area contributed by atoms with Crippen molar-refractivity contribution in [1.29, 1.82) is 0 Å². The zero-order valence-corrected chi connectivity index (χ0v) is 23.8. The molecule has 2 amide bonds. The Bertz CT molecular complexity index is 1390. The molecule has 0 bridgehead atoms. The fraction of sp³-hybridized carbons (Fsp3) is 0.300. The number of thiocarbonyl (C=S) groups is 1. The lowest BCUT2D eigenvalue weighted by molar-refractivity contribution is -0.144. The number of hydrogen-bond acceptors (Lipinski definition) is 5. The summed E-state index contributed by atoms with van der Waals surface area (Å²) in [5.41, 5.74) is 0.382. The quantitative estimate of drug-likeness (QED) is 0.351. The Morgan fingerprint density at radius 1 is 1.07 bits per heavy atom. The molecule has 0 radical (unpaired) electrons. The molecule has 8 nitrogen and oxygen atoms in total. The van der Waals surface area contributed by atoms with Gasteiger partial charge in [0.2, 0.25) is 11.8 Å². The summed E-state index contributed by atoms with van der Waals surface area (Å²) in [7, 11) is 3.02. The Morgan fingerprint density at radius 3 is 2.45 bits per heavy atom. The van der Waals surface area contributed by atoms with Crippen molar-refractivity contribution >= 4 is 34.8 Å². The van der Waals surface area contributed by atoms with E-state index in [-0.39, 0.29) is 25.0 Å². The molecule has 1 saturated heterocycles. The summed E-state index contributed by atoms with van der Waals surface area (Å²) < 4.78 is 25.4. The average Bonchev–Trinajstić information content (AvgIpc) is 3.32.